The van der Waals surface area contributed by atoms with E-state index in [2.05, 4.69) is 25.6 Å². The lowest BCUT2D eigenvalue weighted by Gasteiger charge is -2.15. The molecule has 3 N–H and O–H groups in total. The number of ether oxygens (including phenoxy) is 1. The molecule has 9 heteroatoms. The van der Waals surface area contributed by atoms with E-state index in [9.17, 15) is 13.6 Å². The Hall–Kier alpha value is -4.01. The minimum absolute atomic E-state index is 0.134. The standard InChI is InChI=1S/C23H21F2N5O2/c1-23(24,25)15-3-5-16(6-4-15)30-22(31)19-18(32-2)9-12-28-21(19)29-13-14-7-10-26-20-17(14)8-11-27-20/h3-12H,13H2,1-2H3,(H,26,27)(H,28,29)(H,30,31). The monoisotopic (exact) mass is 437 g/mol. The fourth-order valence-electron chi connectivity index (χ4n) is 3.36. The summed E-state index contributed by atoms with van der Waals surface area (Å²) in [6.45, 7) is 1.22. The van der Waals surface area contributed by atoms with E-state index in [-0.39, 0.29) is 11.1 Å². The number of carbonyl (C=O) groups excluding carboxylic acids is 1. The van der Waals surface area contributed by atoms with Crippen molar-refractivity contribution in [3.05, 3.63) is 77.7 Å². The molecule has 1 aromatic carbocycles. The van der Waals surface area contributed by atoms with Crippen molar-refractivity contribution < 1.29 is 18.3 Å². The smallest absolute Gasteiger partial charge is 0.270 e. The first-order valence-corrected chi connectivity index (χ1v) is 9.84. The Bertz CT molecular complexity index is 1250. The number of hydrogen-bond donors (Lipinski definition) is 3. The lowest BCUT2D eigenvalue weighted by molar-refractivity contribution is 0.0175. The Labute approximate surface area is 182 Å². The number of aromatic nitrogens is 3. The first kappa shape index (κ1) is 21.2. The lowest BCUT2D eigenvalue weighted by atomic mass is 10.1. The molecule has 0 aliphatic rings. The summed E-state index contributed by atoms with van der Waals surface area (Å²) in [6.07, 6.45) is 5.05. The normalized spacial score (nSPS) is 11.4. The van der Waals surface area contributed by atoms with Crippen molar-refractivity contribution >= 4 is 28.4 Å². The van der Waals surface area contributed by atoms with Crippen LogP contribution in [0.3, 0.4) is 0 Å². The number of anilines is 2. The summed E-state index contributed by atoms with van der Waals surface area (Å²) in [4.78, 5) is 24.7. The van der Waals surface area contributed by atoms with E-state index in [4.69, 9.17) is 4.74 Å². The van der Waals surface area contributed by atoms with Crippen LogP contribution < -0.4 is 15.4 Å². The molecule has 3 aromatic heterocycles. The number of amides is 1. The molecule has 0 aliphatic carbocycles. The number of nitrogens with zero attached hydrogens (tertiary/aromatic N) is 2. The maximum absolute atomic E-state index is 13.4. The quantitative estimate of drug-likeness (QED) is 0.381. The topological polar surface area (TPSA) is 91.9 Å². The van der Waals surface area contributed by atoms with Gasteiger partial charge in [-0.2, -0.15) is 0 Å². The molecule has 4 rings (SSSR count). The highest BCUT2D eigenvalue weighted by molar-refractivity contribution is 6.09. The molecule has 3 heterocycles. The molecule has 0 saturated heterocycles. The number of methoxy groups -OCH3 is 1. The minimum atomic E-state index is -2.95. The van der Waals surface area contributed by atoms with Crippen molar-refractivity contribution in [2.45, 2.75) is 19.4 Å². The van der Waals surface area contributed by atoms with Crippen LogP contribution in [0.5, 0.6) is 5.75 Å². The molecule has 0 fully saturated rings. The highest BCUT2D eigenvalue weighted by atomic mass is 19.3. The summed E-state index contributed by atoms with van der Waals surface area (Å²) in [6, 6.07) is 10.8. The van der Waals surface area contributed by atoms with E-state index in [0.717, 1.165) is 23.5 Å². The number of alkyl halides is 2. The lowest BCUT2D eigenvalue weighted by Crippen LogP contribution is -2.17. The number of hydrogen-bond acceptors (Lipinski definition) is 5. The maximum atomic E-state index is 13.4. The molecule has 0 unspecified atom stereocenters. The molecule has 0 spiro atoms. The third kappa shape index (κ3) is 4.36. The molecule has 7 nitrogen and oxygen atoms in total. The number of aromatic amines is 1. The number of benzene rings is 1. The Morgan fingerprint density at radius 3 is 2.56 bits per heavy atom. The molecule has 1 amide bonds. The number of rotatable bonds is 7. The molecular weight excluding hydrogens is 416 g/mol. The van der Waals surface area contributed by atoms with Crippen molar-refractivity contribution in [2.75, 3.05) is 17.7 Å². The van der Waals surface area contributed by atoms with Crippen LogP contribution in [0.15, 0.2) is 61.1 Å². The van der Waals surface area contributed by atoms with Crippen LogP contribution in [0.4, 0.5) is 20.3 Å². The fourth-order valence-corrected chi connectivity index (χ4v) is 3.36. The zero-order chi connectivity index (χ0) is 22.7. The predicted molar refractivity (Wildman–Crippen MR) is 118 cm³/mol. The first-order chi connectivity index (χ1) is 15.4. The van der Waals surface area contributed by atoms with E-state index in [1.54, 1.807) is 12.3 Å². The van der Waals surface area contributed by atoms with Crippen molar-refractivity contribution in [1.82, 2.24) is 15.0 Å². The fraction of sp³-hybridized carbons (Fsp3) is 0.174. The molecule has 0 bridgehead atoms. The molecule has 0 aliphatic heterocycles. The van der Waals surface area contributed by atoms with Crippen molar-refractivity contribution in [1.29, 1.82) is 0 Å². The van der Waals surface area contributed by atoms with E-state index in [0.29, 0.717) is 23.8 Å². The van der Waals surface area contributed by atoms with Crippen LogP contribution in [0, 0.1) is 0 Å². The maximum Gasteiger partial charge on any atom is 0.270 e. The van der Waals surface area contributed by atoms with Crippen molar-refractivity contribution in [3.63, 3.8) is 0 Å². The number of H-pyrrole nitrogens is 1. The van der Waals surface area contributed by atoms with Crippen molar-refractivity contribution in [2.24, 2.45) is 0 Å². The molecule has 0 saturated carbocycles. The van der Waals surface area contributed by atoms with Gasteiger partial charge in [-0.05, 0) is 35.9 Å². The van der Waals surface area contributed by atoms with Gasteiger partial charge in [0.15, 0.2) is 0 Å². The largest absolute Gasteiger partial charge is 0.496 e. The van der Waals surface area contributed by atoms with Gasteiger partial charge in [0.25, 0.3) is 11.8 Å². The second kappa shape index (κ2) is 8.62. The summed E-state index contributed by atoms with van der Waals surface area (Å²) < 4.78 is 32.2. The Balaban J connectivity index is 1.58. The molecule has 4 aromatic rings. The predicted octanol–water partition coefficient (Wildman–Crippen LogP) is 4.94. The highest BCUT2D eigenvalue weighted by Gasteiger charge is 2.24. The number of nitrogens with one attached hydrogen (secondary N) is 3. The van der Waals surface area contributed by atoms with Crippen LogP contribution in [0.2, 0.25) is 0 Å². The SMILES string of the molecule is COc1ccnc(NCc2ccnc3[nH]ccc23)c1C(=O)Nc1ccc(C(C)(F)F)cc1. The number of halogens is 2. The van der Waals surface area contributed by atoms with Crippen LogP contribution in [-0.2, 0) is 12.5 Å². The van der Waals surface area contributed by atoms with Gasteiger partial charge in [-0.15, -0.1) is 0 Å². The second-order valence-electron chi connectivity index (χ2n) is 7.22. The Morgan fingerprint density at radius 1 is 1.09 bits per heavy atom. The second-order valence-corrected chi connectivity index (χ2v) is 7.22. The number of fused-ring (bicyclic) bond motifs is 1. The van der Waals surface area contributed by atoms with Gasteiger partial charge in [0.1, 0.15) is 22.8 Å². The van der Waals surface area contributed by atoms with Crippen LogP contribution >= 0.6 is 0 Å². The van der Waals surface area contributed by atoms with Gasteiger partial charge in [0, 0.05) is 48.7 Å². The third-order valence-corrected chi connectivity index (χ3v) is 5.01. The van der Waals surface area contributed by atoms with Gasteiger partial charge < -0.3 is 20.4 Å². The molecular formula is C23H21F2N5O2. The summed E-state index contributed by atoms with van der Waals surface area (Å²) in [5, 5.41) is 6.87. The van der Waals surface area contributed by atoms with Gasteiger partial charge in [0.2, 0.25) is 0 Å². The van der Waals surface area contributed by atoms with Gasteiger partial charge >= 0.3 is 0 Å². The number of carbonyl (C=O) groups is 1. The molecule has 164 valence electrons. The first-order valence-electron chi connectivity index (χ1n) is 9.84. The van der Waals surface area contributed by atoms with E-state index in [1.165, 1.54) is 37.6 Å². The summed E-state index contributed by atoms with van der Waals surface area (Å²) >= 11 is 0. The average molecular weight is 437 g/mol. The highest BCUT2D eigenvalue weighted by Crippen LogP contribution is 2.29. The van der Waals surface area contributed by atoms with E-state index >= 15 is 0 Å². The molecule has 32 heavy (non-hydrogen) atoms. The summed E-state index contributed by atoms with van der Waals surface area (Å²) in [5.74, 6) is -2.77. The third-order valence-electron chi connectivity index (χ3n) is 5.01. The summed E-state index contributed by atoms with van der Waals surface area (Å²) in [5.41, 5.74) is 2.19. The Morgan fingerprint density at radius 2 is 1.84 bits per heavy atom. The van der Waals surface area contributed by atoms with Crippen LogP contribution in [-0.4, -0.2) is 28.0 Å². The molecule has 0 radical (unpaired) electrons. The van der Waals surface area contributed by atoms with Gasteiger partial charge in [-0.3, -0.25) is 4.79 Å². The number of pyridine rings is 2. The van der Waals surface area contributed by atoms with E-state index < -0.39 is 11.8 Å². The zero-order valence-corrected chi connectivity index (χ0v) is 17.4. The van der Waals surface area contributed by atoms with Crippen LogP contribution in [0.1, 0.15) is 28.4 Å². The van der Waals surface area contributed by atoms with Crippen LogP contribution in [0.25, 0.3) is 11.0 Å². The van der Waals surface area contributed by atoms with Gasteiger partial charge in [-0.1, -0.05) is 12.1 Å². The Kier molecular flexibility index (Phi) is 5.72. The summed E-state index contributed by atoms with van der Waals surface area (Å²) in [7, 11) is 1.46. The average Bonchev–Trinajstić information content (AvgIpc) is 3.26. The van der Waals surface area contributed by atoms with E-state index in [1.807, 2.05) is 18.3 Å². The van der Waals surface area contributed by atoms with Gasteiger partial charge in [0.05, 0.1) is 7.11 Å². The van der Waals surface area contributed by atoms with Crippen molar-refractivity contribution in [3.8, 4) is 5.75 Å². The zero-order valence-electron chi connectivity index (χ0n) is 17.4. The minimum Gasteiger partial charge on any atom is -0.496 e. The van der Waals surface area contributed by atoms with Gasteiger partial charge in [-0.25, -0.2) is 18.7 Å². The molecule has 0 atom stereocenters.